The number of hydrogen-bond acceptors (Lipinski definition) is 4. The molecule has 0 unspecified atom stereocenters. The number of carbonyl (C=O) groups is 2. The van der Waals surface area contributed by atoms with E-state index in [0.29, 0.717) is 19.6 Å². The highest BCUT2D eigenvalue weighted by atomic mass is 32.2. The maximum Gasteiger partial charge on any atom is 0.313 e. The number of carboxylic acids is 1. The average molecular weight is 398 g/mol. The van der Waals surface area contributed by atoms with Crippen molar-refractivity contribution in [2.45, 2.75) is 18.9 Å². The van der Waals surface area contributed by atoms with Gasteiger partial charge in [0.2, 0.25) is 5.91 Å². The van der Waals surface area contributed by atoms with Crippen molar-refractivity contribution in [3.05, 3.63) is 58.5 Å². The van der Waals surface area contributed by atoms with Gasteiger partial charge in [-0.1, -0.05) is 30.3 Å². The molecule has 0 saturated carbocycles. The number of amides is 1. The molecule has 1 aromatic heterocycles. The maximum atomic E-state index is 12.6. The zero-order valence-corrected chi connectivity index (χ0v) is 16.2. The summed E-state index contributed by atoms with van der Waals surface area (Å²) >= 11 is 1.13. The molecule has 2 bridgehead atoms. The highest BCUT2D eigenvalue weighted by molar-refractivity contribution is 8.00. The van der Waals surface area contributed by atoms with E-state index in [4.69, 9.17) is 5.11 Å². The van der Waals surface area contributed by atoms with Crippen LogP contribution in [0, 0.1) is 5.92 Å². The molecular formula is C21H22N2O4S. The Kier molecular flexibility index (Phi) is 5.26. The predicted molar refractivity (Wildman–Crippen MR) is 109 cm³/mol. The third kappa shape index (κ3) is 3.71. The summed E-state index contributed by atoms with van der Waals surface area (Å²) in [5.74, 6) is -0.446. The highest BCUT2D eigenvalue weighted by Gasteiger charge is 2.37. The molecule has 1 aromatic carbocycles. The van der Waals surface area contributed by atoms with Crippen LogP contribution >= 0.6 is 11.8 Å². The number of rotatable bonds is 5. The summed E-state index contributed by atoms with van der Waals surface area (Å²) in [6.07, 6.45) is 0.968. The number of aliphatic carboxylic acids is 1. The Hall–Kier alpha value is -2.54. The molecule has 1 fully saturated rings. The summed E-state index contributed by atoms with van der Waals surface area (Å²) in [4.78, 5) is 37.6. The lowest BCUT2D eigenvalue weighted by Gasteiger charge is -2.43. The normalized spacial score (nSPS) is 20.5. The first-order chi connectivity index (χ1) is 13.5. The van der Waals surface area contributed by atoms with Crippen LogP contribution in [-0.2, 0) is 16.1 Å². The second-order valence-electron chi connectivity index (χ2n) is 7.43. The Morgan fingerprint density at radius 1 is 1.04 bits per heavy atom. The molecule has 1 amide bonds. The summed E-state index contributed by atoms with van der Waals surface area (Å²) in [5, 5.41) is 8.76. The fraction of sp³-hybridized carbons (Fsp3) is 0.381. The molecule has 7 heteroatoms. The van der Waals surface area contributed by atoms with E-state index in [1.165, 1.54) is 0 Å². The van der Waals surface area contributed by atoms with Gasteiger partial charge in [0.1, 0.15) is 0 Å². The van der Waals surface area contributed by atoms with E-state index < -0.39 is 5.97 Å². The van der Waals surface area contributed by atoms with Gasteiger partial charge in [-0.25, -0.2) is 0 Å². The van der Waals surface area contributed by atoms with Crippen LogP contribution in [0.15, 0.2) is 47.3 Å². The van der Waals surface area contributed by atoms with Crippen LogP contribution in [0.4, 0.5) is 0 Å². The number of aromatic nitrogens is 1. The molecule has 2 aliphatic heterocycles. The summed E-state index contributed by atoms with van der Waals surface area (Å²) in [6, 6.07) is 13.6. The lowest BCUT2D eigenvalue weighted by Crippen LogP contribution is -2.49. The monoisotopic (exact) mass is 398 g/mol. The summed E-state index contributed by atoms with van der Waals surface area (Å²) in [6.45, 7) is 1.83. The zero-order valence-electron chi connectivity index (χ0n) is 15.4. The van der Waals surface area contributed by atoms with Crippen LogP contribution < -0.4 is 5.56 Å². The van der Waals surface area contributed by atoms with Crippen LogP contribution in [0.5, 0.6) is 0 Å². The van der Waals surface area contributed by atoms with Crippen molar-refractivity contribution >= 4 is 23.6 Å². The number of benzene rings is 1. The van der Waals surface area contributed by atoms with Crippen molar-refractivity contribution in [2.24, 2.45) is 5.92 Å². The lowest BCUT2D eigenvalue weighted by atomic mass is 9.80. The molecule has 0 radical (unpaired) electrons. The third-order valence-electron chi connectivity index (χ3n) is 5.48. The second kappa shape index (κ2) is 7.83. The van der Waals surface area contributed by atoms with Gasteiger partial charge < -0.3 is 14.6 Å². The van der Waals surface area contributed by atoms with Gasteiger partial charge in [-0.2, -0.15) is 0 Å². The van der Waals surface area contributed by atoms with Gasteiger partial charge in [-0.15, -0.1) is 11.8 Å². The van der Waals surface area contributed by atoms with Crippen molar-refractivity contribution in [1.82, 2.24) is 9.47 Å². The molecule has 1 N–H and O–H groups in total. The Bertz CT molecular complexity index is 957. The molecule has 146 valence electrons. The Balaban J connectivity index is 1.62. The minimum absolute atomic E-state index is 0.0150. The topological polar surface area (TPSA) is 79.6 Å². The van der Waals surface area contributed by atoms with E-state index in [1.54, 1.807) is 6.07 Å². The van der Waals surface area contributed by atoms with Crippen molar-refractivity contribution < 1.29 is 14.7 Å². The van der Waals surface area contributed by atoms with Gasteiger partial charge in [-0.3, -0.25) is 14.4 Å². The number of carbonyl (C=O) groups excluding carboxylic acids is 1. The fourth-order valence-electron chi connectivity index (χ4n) is 4.40. The van der Waals surface area contributed by atoms with Crippen LogP contribution in [0.25, 0.3) is 11.1 Å². The first-order valence-corrected chi connectivity index (χ1v) is 10.5. The molecule has 28 heavy (non-hydrogen) atoms. The van der Waals surface area contributed by atoms with E-state index in [2.05, 4.69) is 0 Å². The molecule has 0 spiro atoms. The predicted octanol–water partition coefficient (Wildman–Crippen LogP) is 2.28. The first-order valence-electron chi connectivity index (χ1n) is 9.39. The van der Waals surface area contributed by atoms with E-state index in [-0.39, 0.29) is 34.8 Å². The molecule has 4 rings (SSSR count). The summed E-state index contributed by atoms with van der Waals surface area (Å²) in [5.41, 5.74) is 3.16. The van der Waals surface area contributed by atoms with E-state index in [1.807, 2.05) is 45.9 Å². The van der Waals surface area contributed by atoms with Crippen LogP contribution in [0.2, 0.25) is 0 Å². The Labute approximate surface area is 167 Å². The number of piperidine rings is 1. The number of carboxylic acid groups (broad SMARTS) is 1. The van der Waals surface area contributed by atoms with Gasteiger partial charge in [-0.05, 0) is 24.0 Å². The summed E-state index contributed by atoms with van der Waals surface area (Å²) < 4.78 is 1.89. The minimum atomic E-state index is -0.908. The van der Waals surface area contributed by atoms with Crippen LogP contribution in [0.1, 0.15) is 18.0 Å². The van der Waals surface area contributed by atoms with E-state index >= 15 is 0 Å². The fourth-order valence-corrected chi connectivity index (χ4v) is 5.03. The van der Waals surface area contributed by atoms with Crippen LogP contribution in [0.3, 0.4) is 0 Å². The largest absolute Gasteiger partial charge is 0.481 e. The SMILES string of the molecule is O=C(O)CSCC(=O)N1C[C@@H]2C[C@H](C1)c1c(-c3ccccc3)ccc(=O)n1C2. The number of fused-ring (bicyclic) bond motifs is 4. The zero-order chi connectivity index (χ0) is 19.7. The average Bonchev–Trinajstić information content (AvgIpc) is 2.69. The number of likely N-dealkylation sites (tertiary alicyclic amines) is 1. The van der Waals surface area contributed by atoms with E-state index in [0.717, 1.165) is 35.0 Å². The van der Waals surface area contributed by atoms with Crippen LogP contribution in [-0.4, -0.2) is 51.0 Å². The molecule has 6 nitrogen and oxygen atoms in total. The number of pyridine rings is 1. The van der Waals surface area contributed by atoms with Gasteiger partial charge in [0.05, 0.1) is 11.5 Å². The van der Waals surface area contributed by atoms with Crippen molar-refractivity contribution in [1.29, 1.82) is 0 Å². The Morgan fingerprint density at radius 3 is 2.57 bits per heavy atom. The van der Waals surface area contributed by atoms with Crippen molar-refractivity contribution in [3.63, 3.8) is 0 Å². The molecule has 2 aromatic rings. The maximum absolute atomic E-state index is 12.6. The lowest BCUT2D eigenvalue weighted by molar-refractivity contribution is -0.133. The molecular weight excluding hydrogens is 376 g/mol. The number of thioether (sulfide) groups is 1. The highest BCUT2D eigenvalue weighted by Crippen LogP contribution is 2.39. The summed E-state index contributed by atoms with van der Waals surface area (Å²) in [7, 11) is 0. The number of hydrogen-bond donors (Lipinski definition) is 1. The Morgan fingerprint density at radius 2 is 1.82 bits per heavy atom. The van der Waals surface area contributed by atoms with Crippen molar-refractivity contribution in [3.8, 4) is 11.1 Å². The quantitative estimate of drug-likeness (QED) is 0.836. The molecule has 3 heterocycles. The van der Waals surface area contributed by atoms with Gasteiger partial charge >= 0.3 is 5.97 Å². The minimum Gasteiger partial charge on any atom is -0.481 e. The molecule has 0 aliphatic carbocycles. The van der Waals surface area contributed by atoms with Crippen molar-refractivity contribution in [2.75, 3.05) is 24.6 Å². The third-order valence-corrected chi connectivity index (χ3v) is 6.38. The molecule has 2 aliphatic rings. The molecule has 2 atom stereocenters. The first kappa shape index (κ1) is 18.8. The van der Waals surface area contributed by atoms with Gasteiger partial charge in [0.15, 0.2) is 0 Å². The smallest absolute Gasteiger partial charge is 0.313 e. The standard InChI is InChI=1S/C21H22N2O4S/c24-18-7-6-17(15-4-2-1-3-5-15)21-16-8-14(10-23(18)21)9-22(11-16)19(25)12-28-13-20(26)27/h1-7,14,16H,8-13H2,(H,26,27)/t14-,16+/m0/s1. The number of nitrogens with zero attached hydrogens (tertiary/aromatic N) is 2. The molecule has 1 saturated heterocycles. The van der Waals surface area contributed by atoms with Gasteiger partial charge in [0, 0.05) is 42.9 Å². The van der Waals surface area contributed by atoms with E-state index in [9.17, 15) is 14.4 Å². The van der Waals surface area contributed by atoms with Gasteiger partial charge in [0.25, 0.3) is 5.56 Å². The second-order valence-corrected chi connectivity index (χ2v) is 8.42.